The number of furan rings is 1. The molecule has 1 fully saturated rings. The summed E-state index contributed by atoms with van der Waals surface area (Å²) < 4.78 is 44.8. The highest BCUT2D eigenvalue weighted by atomic mass is 35.5. The number of anilines is 1. The Bertz CT molecular complexity index is 1480. The average Bonchev–Trinajstić information content (AvgIpc) is 3.25. The van der Waals surface area contributed by atoms with E-state index in [1.807, 2.05) is 4.90 Å². The van der Waals surface area contributed by atoms with Gasteiger partial charge in [0.1, 0.15) is 23.0 Å². The summed E-state index contributed by atoms with van der Waals surface area (Å²) in [6, 6.07) is 8.21. The monoisotopic (exact) mass is 541 g/mol. The maximum atomic E-state index is 13.1. The predicted molar refractivity (Wildman–Crippen MR) is 137 cm³/mol. The number of hydrogen-bond acceptors (Lipinski definition) is 6. The standard InChI is InChI=1S/C27H23ClF3N5O2/c1-16-13-21(17(2)38-16)26(37)36-11-9-35(10-12-36)23-15-33-24(18-3-5-19(6-4-18)27(29,30)31)25(34-23)20-7-8-32-14-22(20)28/h3-8,13-15H,9-12H2,1-2H3. The third kappa shape index (κ3) is 5.08. The molecule has 1 aromatic carbocycles. The molecule has 0 N–H and O–H groups in total. The number of carbonyl (C=O) groups is 1. The van der Waals surface area contributed by atoms with Gasteiger partial charge in [-0.05, 0) is 38.1 Å². The van der Waals surface area contributed by atoms with Crippen molar-refractivity contribution >= 4 is 23.3 Å². The van der Waals surface area contributed by atoms with Crippen LogP contribution in [0, 0.1) is 13.8 Å². The van der Waals surface area contributed by atoms with Crippen LogP contribution in [0.2, 0.25) is 5.02 Å². The van der Waals surface area contributed by atoms with Gasteiger partial charge in [-0.25, -0.2) is 4.98 Å². The Hall–Kier alpha value is -3.92. The summed E-state index contributed by atoms with van der Waals surface area (Å²) in [5, 5.41) is 0.341. The molecule has 4 heterocycles. The van der Waals surface area contributed by atoms with E-state index in [1.54, 1.807) is 43.3 Å². The molecule has 0 radical (unpaired) electrons. The van der Waals surface area contributed by atoms with Crippen molar-refractivity contribution < 1.29 is 22.4 Å². The molecule has 0 saturated carbocycles. The Morgan fingerprint density at radius 3 is 2.32 bits per heavy atom. The van der Waals surface area contributed by atoms with Crippen molar-refractivity contribution in [3.63, 3.8) is 0 Å². The number of alkyl halides is 3. The van der Waals surface area contributed by atoms with Crippen molar-refractivity contribution in [1.82, 2.24) is 19.9 Å². The van der Waals surface area contributed by atoms with E-state index in [0.29, 0.717) is 76.6 Å². The average molecular weight is 542 g/mol. The van der Waals surface area contributed by atoms with Crippen molar-refractivity contribution in [2.45, 2.75) is 20.0 Å². The molecule has 1 aliphatic rings. The predicted octanol–water partition coefficient (Wildman–Crippen LogP) is 6.05. The smallest absolute Gasteiger partial charge is 0.416 e. The number of hydrogen-bond donors (Lipinski definition) is 0. The summed E-state index contributed by atoms with van der Waals surface area (Å²) >= 11 is 6.42. The zero-order chi connectivity index (χ0) is 27.0. The van der Waals surface area contributed by atoms with Crippen LogP contribution in [0.3, 0.4) is 0 Å². The Morgan fingerprint density at radius 1 is 1.00 bits per heavy atom. The summed E-state index contributed by atoms with van der Waals surface area (Å²) in [6.45, 7) is 5.60. The van der Waals surface area contributed by atoms with E-state index in [9.17, 15) is 18.0 Å². The topological polar surface area (TPSA) is 75.4 Å². The second kappa shape index (κ2) is 10.1. The minimum absolute atomic E-state index is 0.0769. The third-order valence-corrected chi connectivity index (χ3v) is 6.74. The molecule has 5 rings (SSSR count). The third-order valence-electron chi connectivity index (χ3n) is 6.44. The first-order chi connectivity index (χ1) is 18.1. The van der Waals surface area contributed by atoms with Gasteiger partial charge in [0.25, 0.3) is 5.91 Å². The second-order valence-electron chi connectivity index (χ2n) is 8.96. The van der Waals surface area contributed by atoms with Gasteiger partial charge in [0, 0.05) is 49.7 Å². The normalized spacial score (nSPS) is 14.2. The summed E-state index contributed by atoms with van der Waals surface area (Å²) in [7, 11) is 0. The molecule has 0 spiro atoms. The molecule has 7 nitrogen and oxygen atoms in total. The lowest BCUT2D eigenvalue weighted by Crippen LogP contribution is -2.49. The number of carbonyl (C=O) groups excluding carboxylic acids is 1. The van der Waals surface area contributed by atoms with Crippen LogP contribution in [0.25, 0.3) is 22.5 Å². The second-order valence-corrected chi connectivity index (χ2v) is 9.37. The van der Waals surface area contributed by atoms with E-state index in [4.69, 9.17) is 21.0 Å². The van der Waals surface area contributed by atoms with E-state index < -0.39 is 11.7 Å². The SMILES string of the molecule is Cc1cc(C(=O)N2CCN(c3cnc(-c4ccc(C(F)(F)F)cc4)c(-c4ccncc4Cl)n3)CC2)c(C)o1. The lowest BCUT2D eigenvalue weighted by molar-refractivity contribution is -0.137. The number of piperazine rings is 1. The van der Waals surface area contributed by atoms with Crippen molar-refractivity contribution in [3.05, 3.63) is 82.7 Å². The van der Waals surface area contributed by atoms with Gasteiger partial charge in [-0.1, -0.05) is 23.7 Å². The molecule has 0 bridgehead atoms. The molecular weight excluding hydrogens is 519 g/mol. The Kier molecular flexibility index (Phi) is 6.83. The minimum atomic E-state index is -4.44. The van der Waals surface area contributed by atoms with Crippen molar-refractivity contribution in [1.29, 1.82) is 0 Å². The Morgan fingerprint density at radius 2 is 1.71 bits per heavy atom. The zero-order valence-corrected chi connectivity index (χ0v) is 21.3. The Balaban J connectivity index is 1.43. The lowest BCUT2D eigenvalue weighted by Gasteiger charge is -2.35. The quantitative estimate of drug-likeness (QED) is 0.313. The molecule has 1 saturated heterocycles. The number of halogens is 4. The number of benzene rings is 1. The molecule has 196 valence electrons. The lowest BCUT2D eigenvalue weighted by atomic mass is 10.0. The molecule has 4 aromatic rings. The van der Waals surface area contributed by atoms with E-state index in [2.05, 4.69) is 9.97 Å². The molecule has 38 heavy (non-hydrogen) atoms. The first-order valence-corrected chi connectivity index (χ1v) is 12.3. The summed E-state index contributed by atoms with van der Waals surface area (Å²) in [4.78, 5) is 30.2. The maximum absolute atomic E-state index is 13.1. The Labute approximate surface area is 221 Å². The van der Waals surface area contributed by atoms with Crippen LogP contribution >= 0.6 is 11.6 Å². The fraction of sp³-hybridized carbons (Fsp3) is 0.259. The fourth-order valence-corrected chi connectivity index (χ4v) is 4.68. The summed E-state index contributed by atoms with van der Waals surface area (Å²) in [5.41, 5.74) is 1.67. The molecule has 3 aromatic heterocycles. The van der Waals surface area contributed by atoms with Crippen LogP contribution in [0.1, 0.15) is 27.4 Å². The maximum Gasteiger partial charge on any atom is 0.416 e. The highest BCUT2D eigenvalue weighted by Gasteiger charge is 2.30. The molecule has 11 heteroatoms. The van der Waals surface area contributed by atoms with Gasteiger partial charge in [0.15, 0.2) is 0 Å². The molecule has 0 atom stereocenters. The van der Waals surface area contributed by atoms with Crippen LogP contribution in [-0.2, 0) is 6.18 Å². The van der Waals surface area contributed by atoms with E-state index >= 15 is 0 Å². The minimum Gasteiger partial charge on any atom is -0.466 e. The number of amides is 1. The molecule has 0 aliphatic carbocycles. The summed E-state index contributed by atoms with van der Waals surface area (Å²) in [6.07, 6.45) is 0.193. The van der Waals surface area contributed by atoms with Crippen molar-refractivity contribution in [2.75, 3.05) is 31.1 Å². The molecule has 1 amide bonds. The van der Waals surface area contributed by atoms with Crippen LogP contribution in [0.4, 0.5) is 19.0 Å². The highest BCUT2D eigenvalue weighted by Crippen LogP contribution is 2.36. The first kappa shape index (κ1) is 25.7. The molecular formula is C27H23ClF3N5O2. The highest BCUT2D eigenvalue weighted by molar-refractivity contribution is 6.33. The molecule has 1 aliphatic heterocycles. The van der Waals surface area contributed by atoms with Crippen LogP contribution in [-0.4, -0.2) is 51.9 Å². The van der Waals surface area contributed by atoms with Gasteiger partial charge in [0.2, 0.25) is 0 Å². The first-order valence-electron chi connectivity index (χ1n) is 11.9. The van der Waals surface area contributed by atoms with Crippen molar-refractivity contribution in [3.8, 4) is 22.5 Å². The fourth-order valence-electron chi connectivity index (χ4n) is 4.47. The molecule has 0 unspecified atom stereocenters. The largest absolute Gasteiger partial charge is 0.466 e. The van der Waals surface area contributed by atoms with E-state index in [0.717, 1.165) is 12.1 Å². The van der Waals surface area contributed by atoms with Gasteiger partial charge in [0.05, 0.1) is 28.0 Å². The zero-order valence-electron chi connectivity index (χ0n) is 20.6. The number of rotatable bonds is 4. The van der Waals surface area contributed by atoms with Crippen LogP contribution in [0.15, 0.2) is 59.4 Å². The van der Waals surface area contributed by atoms with Gasteiger partial charge in [-0.2, -0.15) is 13.2 Å². The van der Waals surface area contributed by atoms with Gasteiger partial charge < -0.3 is 14.2 Å². The van der Waals surface area contributed by atoms with Crippen molar-refractivity contribution in [2.24, 2.45) is 0 Å². The van der Waals surface area contributed by atoms with E-state index in [1.165, 1.54) is 18.3 Å². The van der Waals surface area contributed by atoms with E-state index in [-0.39, 0.29) is 5.91 Å². The van der Waals surface area contributed by atoms with Gasteiger partial charge >= 0.3 is 6.18 Å². The van der Waals surface area contributed by atoms with Gasteiger partial charge in [-0.3, -0.25) is 14.8 Å². The number of pyridine rings is 1. The number of aromatic nitrogens is 3. The summed E-state index contributed by atoms with van der Waals surface area (Å²) in [5.74, 6) is 1.78. The number of nitrogens with zero attached hydrogens (tertiary/aromatic N) is 5. The van der Waals surface area contributed by atoms with Crippen LogP contribution < -0.4 is 4.90 Å². The number of aryl methyl sites for hydroxylation is 2. The van der Waals surface area contributed by atoms with Crippen LogP contribution in [0.5, 0.6) is 0 Å². The van der Waals surface area contributed by atoms with Gasteiger partial charge in [-0.15, -0.1) is 0 Å².